The van der Waals surface area contributed by atoms with E-state index in [1.807, 2.05) is 31.2 Å². The molecule has 1 amide bonds. The van der Waals surface area contributed by atoms with E-state index in [-0.39, 0.29) is 11.7 Å². The Labute approximate surface area is 133 Å². The van der Waals surface area contributed by atoms with E-state index in [2.05, 4.69) is 10.3 Å². The van der Waals surface area contributed by atoms with Crippen LogP contribution in [-0.2, 0) is 6.42 Å². The van der Waals surface area contributed by atoms with Crippen LogP contribution in [0, 0.1) is 12.7 Å². The molecule has 1 aromatic heterocycles. The van der Waals surface area contributed by atoms with Crippen molar-refractivity contribution in [1.82, 2.24) is 4.98 Å². The van der Waals surface area contributed by atoms with Crippen molar-refractivity contribution in [2.75, 3.05) is 11.9 Å². The average Bonchev–Trinajstić information content (AvgIpc) is 2.98. The number of H-pyrrole nitrogens is 1. The van der Waals surface area contributed by atoms with Crippen molar-refractivity contribution < 1.29 is 9.18 Å². The maximum absolute atomic E-state index is 13.8. The maximum atomic E-state index is 13.8. The highest BCUT2D eigenvalue weighted by Gasteiger charge is 2.13. The summed E-state index contributed by atoms with van der Waals surface area (Å²) in [5, 5.41) is 3.25. The molecule has 0 atom stereocenters. The van der Waals surface area contributed by atoms with Gasteiger partial charge in [0.05, 0.1) is 5.52 Å². The number of hydrogen-bond acceptors (Lipinski definition) is 2. The molecule has 0 radical (unpaired) electrons. The molecule has 0 aliphatic rings. The van der Waals surface area contributed by atoms with Gasteiger partial charge in [0.1, 0.15) is 11.5 Å². The number of anilines is 1. The molecule has 0 saturated carbocycles. The fourth-order valence-electron chi connectivity index (χ4n) is 2.62. The highest BCUT2D eigenvalue weighted by molar-refractivity contribution is 6.06. The van der Waals surface area contributed by atoms with Gasteiger partial charge in [-0.3, -0.25) is 4.79 Å². The summed E-state index contributed by atoms with van der Waals surface area (Å²) in [6.45, 7) is 2.42. The molecule has 0 saturated heterocycles. The molecule has 2 aromatic carbocycles. The van der Waals surface area contributed by atoms with E-state index >= 15 is 0 Å². The molecule has 23 heavy (non-hydrogen) atoms. The highest BCUT2D eigenvalue weighted by atomic mass is 19.1. The number of nitrogens with two attached hydrogens (primary N) is 1. The lowest BCUT2D eigenvalue weighted by Gasteiger charge is -2.06. The first-order valence-corrected chi connectivity index (χ1v) is 7.46. The van der Waals surface area contributed by atoms with Gasteiger partial charge in [0.2, 0.25) is 0 Å². The number of amides is 1. The summed E-state index contributed by atoms with van der Waals surface area (Å²) in [6, 6.07) is 12.2. The summed E-state index contributed by atoms with van der Waals surface area (Å²) in [5.74, 6) is -0.643. The molecular weight excluding hydrogens is 293 g/mol. The third kappa shape index (κ3) is 3.10. The minimum absolute atomic E-state index is 0.301. The molecule has 3 rings (SSSR count). The highest BCUT2D eigenvalue weighted by Crippen LogP contribution is 2.23. The molecule has 5 heteroatoms. The number of benzene rings is 2. The Morgan fingerprint density at radius 3 is 2.83 bits per heavy atom. The second kappa shape index (κ2) is 6.22. The van der Waals surface area contributed by atoms with Crippen molar-refractivity contribution in [1.29, 1.82) is 0 Å². The summed E-state index contributed by atoms with van der Waals surface area (Å²) >= 11 is 0. The van der Waals surface area contributed by atoms with E-state index in [0.717, 1.165) is 17.5 Å². The topological polar surface area (TPSA) is 70.9 Å². The Morgan fingerprint density at radius 2 is 2.09 bits per heavy atom. The van der Waals surface area contributed by atoms with Gasteiger partial charge in [-0.15, -0.1) is 0 Å². The Bertz CT molecular complexity index is 831. The average molecular weight is 311 g/mol. The normalized spacial score (nSPS) is 10.9. The summed E-state index contributed by atoms with van der Waals surface area (Å²) < 4.78 is 13.8. The van der Waals surface area contributed by atoms with Crippen LogP contribution in [0.3, 0.4) is 0 Å². The molecule has 0 unspecified atom stereocenters. The van der Waals surface area contributed by atoms with E-state index in [1.54, 1.807) is 6.07 Å². The smallest absolute Gasteiger partial charge is 0.272 e. The van der Waals surface area contributed by atoms with Crippen molar-refractivity contribution >= 4 is 22.5 Å². The standard InChI is InChI=1S/C18H18FN3O/c1-11-5-6-15(19)14-10-16(22-17(11)14)18(23)21-13-4-2-3-12(9-13)7-8-20/h2-6,9-10,22H,7-8,20H2,1H3,(H,21,23). The van der Waals surface area contributed by atoms with E-state index in [9.17, 15) is 9.18 Å². The molecule has 118 valence electrons. The first kappa shape index (κ1) is 15.2. The molecule has 0 spiro atoms. The number of halogens is 1. The van der Waals surface area contributed by atoms with Crippen LogP contribution >= 0.6 is 0 Å². The summed E-state index contributed by atoms with van der Waals surface area (Å²) in [7, 11) is 0. The van der Waals surface area contributed by atoms with E-state index in [4.69, 9.17) is 5.73 Å². The van der Waals surface area contributed by atoms with Crippen LogP contribution in [0.4, 0.5) is 10.1 Å². The summed E-state index contributed by atoms with van der Waals surface area (Å²) in [6.07, 6.45) is 0.751. The van der Waals surface area contributed by atoms with Crippen LogP contribution in [-0.4, -0.2) is 17.4 Å². The van der Waals surface area contributed by atoms with Crippen molar-refractivity contribution in [3.05, 3.63) is 65.1 Å². The van der Waals surface area contributed by atoms with Gasteiger partial charge in [-0.05, 0) is 55.3 Å². The minimum atomic E-state index is -0.342. The van der Waals surface area contributed by atoms with Gasteiger partial charge in [-0.2, -0.15) is 0 Å². The van der Waals surface area contributed by atoms with E-state index in [0.29, 0.717) is 28.8 Å². The quantitative estimate of drug-likeness (QED) is 0.691. The largest absolute Gasteiger partial charge is 0.350 e. The molecule has 3 aromatic rings. The van der Waals surface area contributed by atoms with Crippen LogP contribution in [0.25, 0.3) is 10.9 Å². The summed E-state index contributed by atoms with van der Waals surface area (Å²) in [5.41, 5.74) is 9.17. The number of carbonyl (C=O) groups excluding carboxylic acids is 1. The zero-order valence-corrected chi connectivity index (χ0v) is 12.8. The maximum Gasteiger partial charge on any atom is 0.272 e. The lowest BCUT2D eigenvalue weighted by molar-refractivity contribution is 0.102. The third-order valence-electron chi connectivity index (χ3n) is 3.81. The molecular formula is C18H18FN3O. The number of nitrogens with one attached hydrogen (secondary N) is 2. The fraction of sp³-hybridized carbons (Fsp3) is 0.167. The van der Waals surface area contributed by atoms with E-state index in [1.165, 1.54) is 12.1 Å². The molecule has 0 bridgehead atoms. The van der Waals surface area contributed by atoms with E-state index < -0.39 is 0 Å². The van der Waals surface area contributed by atoms with Crippen molar-refractivity contribution in [3.63, 3.8) is 0 Å². The lowest BCUT2D eigenvalue weighted by atomic mass is 10.1. The zero-order chi connectivity index (χ0) is 16.4. The van der Waals surface area contributed by atoms with Crippen molar-refractivity contribution in [2.45, 2.75) is 13.3 Å². The number of hydrogen-bond donors (Lipinski definition) is 3. The van der Waals surface area contributed by atoms with Crippen LogP contribution in [0.15, 0.2) is 42.5 Å². The first-order chi connectivity index (χ1) is 11.1. The fourth-order valence-corrected chi connectivity index (χ4v) is 2.62. The number of fused-ring (bicyclic) bond motifs is 1. The molecule has 1 heterocycles. The monoisotopic (exact) mass is 311 g/mol. The molecule has 0 aliphatic heterocycles. The van der Waals surface area contributed by atoms with Gasteiger partial charge >= 0.3 is 0 Å². The third-order valence-corrected chi connectivity index (χ3v) is 3.81. The molecule has 0 fully saturated rings. The molecule has 4 nitrogen and oxygen atoms in total. The second-order valence-corrected chi connectivity index (χ2v) is 5.53. The number of rotatable bonds is 4. The lowest BCUT2D eigenvalue weighted by Crippen LogP contribution is -2.12. The van der Waals surface area contributed by atoms with Crippen LogP contribution in [0.5, 0.6) is 0 Å². The van der Waals surface area contributed by atoms with Crippen LogP contribution < -0.4 is 11.1 Å². The van der Waals surface area contributed by atoms with Gasteiger partial charge in [-0.25, -0.2) is 4.39 Å². The van der Waals surface area contributed by atoms with Gasteiger partial charge in [0.15, 0.2) is 0 Å². The first-order valence-electron chi connectivity index (χ1n) is 7.46. The molecule has 0 aliphatic carbocycles. The molecule has 4 N–H and O–H groups in total. The van der Waals surface area contributed by atoms with Gasteiger partial charge in [0, 0.05) is 11.1 Å². The van der Waals surface area contributed by atoms with Gasteiger partial charge in [-0.1, -0.05) is 18.2 Å². The second-order valence-electron chi connectivity index (χ2n) is 5.53. The SMILES string of the molecule is Cc1ccc(F)c2cc(C(=O)Nc3cccc(CCN)c3)[nH]c12. The van der Waals surface area contributed by atoms with Crippen molar-refractivity contribution in [3.8, 4) is 0 Å². The Morgan fingerprint density at radius 1 is 1.26 bits per heavy atom. The minimum Gasteiger partial charge on any atom is -0.350 e. The zero-order valence-electron chi connectivity index (χ0n) is 12.8. The van der Waals surface area contributed by atoms with Gasteiger partial charge < -0.3 is 16.0 Å². The summed E-state index contributed by atoms with van der Waals surface area (Å²) in [4.78, 5) is 15.4. The number of carbonyl (C=O) groups is 1. The number of aryl methyl sites for hydroxylation is 1. The Balaban J connectivity index is 1.87. The number of aromatic amines is 1. The van der Waals surface area contributed by atoms with Crippen LogP contribution in [0.2, 0.25) is 0 Å². The van der Waals surface area contributed by atoms with Crippen LogP contribution in [0.1, 0.15) is 21.6 Å². The number of aromatic nitrogens is 1. The Hall–Kier alpha value is -2.66. The van der Waals surface area contributed by atoms with Gasteiger partial charge in [0.25, 0.3) is 5.91 Å². The van der Waals surface area contributed by atoms with Crippen molar-refractivity contribution in [2.24, 2.45) is 5.73 Å². The predicted molar refractivity (Wildman–Crippen MR) is 90.1 cm³/mol. The Kier molecular flexibility index (Phi) is 4.12. The predicted octanol–water partition coefficient (Wildman–Crippen LogP) is 3.37.